The van der Waals surface area contributed by atoms with Crippen molar-refractivity contribution in [1.29, 1.82) is 0 Å². The van der Waals surface area contributed by atoms with Gasteiger partial charge in [0.2, 0.25) is 11.9 Å². The molecule has 94 valence electrons. The maximum atomic E-state index is 4.43. The quantitative estimate of drug-likeness (QED) is 0.754. The summed E-state index contributed by atoms with van der Waals surface area (Å²) in [7, 11) is 1.77. The largest absolute Gasteiger partial charge is 0.357 e. The molecule has 0 aliphatic rings. The van der Waals surface area contributed by atoms with Gasteiger partial charge in [0.05, 0.1) is 0 Å². The van der Waals surface area contributed by atoms with Crippen LogP contribution in [-0.2, 0) is 0 Å². The van der Waals surface area contributed by atoms with Gasteiger partial charge in [-0.2, -0.15) is 15.0 Å². The van der Waals surface area contributed by atoms with Crippen molar-refractivity contribution in [3.63, 3.8) is 0 Å². The van der Waals surface area contributed by atoms with E-state index in [9.17, 15) is 0 Å². The van der Waals surface area contributed by atoms with Gasteiger partial charge in [0.25, 0.3) is 0 Å². The lowest BCUT2D eigenvalue weighted by Crippen LogP contribution is -2.06. The number of nitrogens with zero attached hydrogens (tertiary/aromatic N) is 6. The molecule has 0 saturated heterocycles. The van der Waals surface area contributed by atoms with Crippen LogP contribution < -0.4 is 5.32 Å². The smallest absolute Gasteiger partial charge is 0.240 e. The van der Waals surface area contributed by atoms with Gasteiger partial charge >= 0.3 is 0 Å². The molecular formula is C12H11N7. The summed E-state index contributed by atoms with van der Waals surface area (Å²) in [5.41, 5.74) is 0.885. The average Bonchev–Trinajstić information content (AvgIpc) is 3.02. The molecule has 0 atom stereocenters. The summed E-state index contributed by atoms with van der Waals surface area (Å²) in [6, 6.07) is 3.71. The molecule has 0 fully saturated rings. The van der Waals surface area contributed by atoms with Crippen LogP contribution in [-0.4, -0.2) is 36.5 Å². The fourth-order valence-electron chi connectivity index (χ4n) is 1.60. The van der Waals surface area contributed by atoms with Crippen molar-refractivity contribution in [2.45, 2.75) is 0 Å². The monoisotopic (exact) mass is 253 g/mol. The molecule has 0 unspecified atom stereocenters. The molecule has 0 aromatic carbocycles. The maximum Gasteiger partial charge on any atom is 0.240 e. The van der Waals surface area contributed by atoms with Crippen LogP contribution in [0, 0.1) is 0 Å². The lowest BCUT2D eigenvalue weighted by molar-refractivity contribution is 0.902. The van der Waals surface area contributed by atoms with E-state index in [1.165, 1.54) is 0 Å². The highest BCUT2D eigenvalue weighted by molar-refractivity contribution is 5.55. The molecule has 3 heterocycles. The highest BCUT2D eigenvalue weighted by Crippen LogP contribution is 2.16. The molecule has 19 heavy (non-hydrogen) atoms. The number of nitrogens with one attached hydrogen (secondary N) is 1. The number of anilines is 1. The molecule has 3 rings (SSSR count). The van der Waals surface area contributed by atoms with Crippen molar-refractivity contribution in [3.8, 4) is 17.3 Å². The minimum absolute atomic E-state index is 0.505. The van der Waals surface area contributed by atoms with E-state index >= 15 is 0 Å². The Bertz CT molecular complexity index is 664. The van der Waals surface area contributed by atoms with E-state index in [0.717, 1.165) is 5.56 Å². The first-order valence-electron chi connectivity index (χ1n) is 5.69. The Morgan fingerprint density at radius 2 is 1.84 bits per heavy atom. The summed E-state index contributed by atoms with van der Waals surface area (Å²) in [5.74, 6) is 1.61. The third kappa shape index (κ3) is 2.25. The molecule has 0 bridgehead atoms. The molecule has 0 saturated carbocycles. The standard InChI is InChI=1S/C12H11N7/c1-13-11-16-10(9-2-4-14-5-3-9)17-12(18-11)19-7-6-15-8-19/h2-8H,1H3,(H,13,16,17,18). The molecule has 3 aromatic heterocycles. The molecule has 3 aromatic rings. The predicted molar refractivity (Wildman–Crippen MR) is 69.7 cm³/mol. The van der Waals surface area contributed by atoms with Gasteiger partial charge in [-0.1, -0.05) is 0 Å². The summed E-state index contributed by atoms with van der Waals surface area (Å²) in [6.45, 7) is 0. The maximum absolute atomic E-state index is 4.43. The fourth-order valence-corrected chi connectivity index (χ4v) is 1.60. The van der Waals surface area contributed by atoms with Crippen molar-refractivity contribution in [2.24, 2.45) is 0 Å². The van der Waals surface area contributed by atoms with Crippen molar-refractivity contribution in [2.75, 3.05) is 12.4 Å². The minimum Gasteiger partial charge on any atom is -0.357 e. The number of rotatable bonds is 3. The second-order valence-corrected chi connectivity index (χ2v) is 3.74. The summed E-state index contributed by atoms with van der Waals surface area (Å²) < 4.78 is 1.73. The van der Waals surface area contributed by atoms with Gasteiger partial charge in [-0.25, -0.2) is 4.98 Å². The normalized spacial score (nSPS) is 10.4. The Hall–Kier alpha value is -2.83. The average molecular weight is 253 g/mol. The topological polar surface area (TPSA) is 81.4 Å². The zero-order chi connectivity index (χ0) is 13.1. The number of hydrogen-bond acceptors (Lipinski definition) is 6. The van der Waals surface area contributed by atoms with E-state index in [-0.39, 0.29) is 0 Å². The molecule has 0 radical (unpaired) electrons. The first-order valence-corrected chi connectivity index (χ1v) is 5.69. The van der Waals surface area contributed by atoms with E-state index < -0.39 is 0 Å². The highest BCUT2D eigenvalue weighted by atomic mass is 15.2. The minimum atomic E-state index is 0.505. The Labute approximate surface area is 109 Å². The van der Waals surface area contributed by atoms with E-state index in [1.807, 2.05) is 12.1 Å². The summed E-state index contributed by atoms with van der Waals surface area (Å²) >= 11 is 0. The third-order valence-corrected chi connectivity index (χ3v) is 2.52. The van der Waals surface area contributed by atoms with E-state index in [4.69, 9.17) is 0 Å². The molecule has 0 aliphatic carbocycles. The SMILES string of the molecule is CNc1nc(-c2ccncc2)nc(-n2ccnc2)n1. The first kappa shape index (κ1) is 11.3. The van der Waals surface area contributed by atoms with E-state index in [1.54, 1.807) is 42.7 Å². The molecule has 7 nitrogen and oxygen atoms in total. The van der Waals surface area contributed by atoms with Gasteiger partial charge in [0, 0.05) is 37.4 Å². The lowest BCUT2D eigenvalue weighted by atomic mass is 10.2. The van der Waals surface area contributed by atoms with Crippen LogP contribution in [0.1, 0.15) is 0 Å². The van der Waals surface area contributed by atoms with Crippen molar-refractivity contribution in [3.05, 3.63) is 43.2 Å². The number of imidazole rings is 1. The molecular weight excluding hydrogens is 242 g/mol. The van der Waals surface area contributed by atoms with Gasteiger partial charge in [-0.15, -0.1) is 0 Å². The van der Waals surface area contributed by atoms with Gasteiger partial charge in [-0.3, -0.25) is 9.55 Å². The van der Waals surface area contributed by atoms with Gasteiger partial charge in [0.1, 0.15) is 6.33 Å². The Kier molecular flexibility index (Phi) is 2.85. The lowest BCUT2D eigenvalue weighted by Gasteiger charge is -2.06. The van der Waals surface area contributed by atoms with Crippen molar-refractivity contribution >= 4 is 5.95 Å². The Morgan fingerprint density at radius 1 is 1.00 bits per heavy atom. The second-order valence-electron chi connectivity index (χ2n) is 3.74. The molecule has 0 aliphatic heterocycles. The van der Waals surface area contributed by atoms with Gasteiger partial charge in [-0.05, 0) is 12.1 Å². The van der Waals surface area contributed by atoms with E-state index in [2.05, 4.69) is 30.2 Å². The molecule has 0 amide bonds. The number of aromatic nitrogens is 6. The Morgan fingerprint density at radius 3 is 2.53 bits per heavy atom. The van der Waals surface area contributed by atoms with Crippen LogP contribution in [0.3, 0.4) is 0 Å². The molecule has 0 spiro atoms. The first-order chi connectivity index (χ1) is 9.36. The third-order valence-electron chi connectivity index (χ3n) is 2.52. The van der Waals surface area contributed by atoms with Crippen LogP contribution in [0.2, 0.25) is 0 Å². The zero-order valence-corrected chi connectivity index (χ0v) is 10.2. The van der Waals surface area contributed by atoms with E-state index in [0.29, 0.717) is 17.7 Å². The fraction of sp³-hybridized carbons (Fsp3) is 0.0833. The van der Waals surface area contributed by atoms with Crippen LogP contribution >= 0.6 is 0 Å². The summed E-state index contributed by atoms with van der Waals surface area (Å²) in [5, 5.41) is 2.93. The number of hydrogen-bond donors (Lipinski definition) is 1. The number of pyridine rings is 1. The van der Waals surface area contributed by atoms with Gasteiger partial charge in [0.15, 0.2) is 5.82 Å². The van der Waals surface area contributed by atoms with Crippen LogP contribution in [0.25, 0.3) is 17.3 Å². The molecule has 7 heteroatoms. The van der Waals surface area contributed by atoms with Gasteiger partial charge < -0.3 is 5.32 Å². The van der Waals surface area contributed by atoms with Crippen LogP contribution in [0.5, 0.6) is 0 Å². The Balaban J connectivity index is 2.13. The summed E-state index contributed by atoms with van der Waals surface area (Å²) in [4.78, 5) is 21.0. The second kappa shape index (κ2) is 4.81. The molecule has 1 N–H and O–H groups in total. The van der Waals surface area contributed by atoms with Crippen molar-refractivity contribution in [1.82, 2.24) is 29.5 Å². The van der Waals surface area contributed by atoms with Crippen molar-refractivity contribution < 1.29 is 0 Å². The zero-order valence-electron chi connectivity index (χ0n) is 10.2. The highest BCUT2D eigenvalue weighted by Gasteiger charge is 2.08. The predicted octanol–water partition coefficient (Wildman–Crippen LogP) is 1.16. The van der Waals surface area contributed by atoms with Crippen LogP contribution in [0.15, 0.2) is 43.2 Å². The van der Waals surface area contributed by atoms with Crippen LogP contribution in [0.4, 0.5) is 5.95 Å². The summed E-state index contributed by atoms with van der Waals surface area (Å²) in [6.07, 6.45) is 8.51.